The molecule has 17 heavy (non-hydrogen) atoms. The average Bonchev–Trinajstić information content (AvgIpc) is 2.15. The van der Waals surface area contributed by atoms with E-state index in [-0.39, 0.29) is 22.3 Å². The first kappa shape index (κ1) is 14.2. The molecule has 0 unspecified atom stereocenters. The van der Waals surface area contributed by atoms with Crippen LogP contribution in [-0.4, -0.2) is 17.6 Å². The van der Waals surface area contributed by atoms with Crippen molar-refractivity contribution in [1.82, 2.24) is 4.98 Å². The van der Waals surface area contributed by atoms with Crippen molar-refractivity contribution in [3.63, 3.8) is 0 Å². The number of halogens is 4. The number of nitrogens with zero attached hydrogens (tertiary/aromatic N) is 1. The van der Waals surface area contributed by atoms with Gasteiger partial charge >= 0.3 is 12.1 Å². The molecule has 0 aromatic carbocycles. The summed E-state index contributed by atoms with van der Waals surface area (Å²) < 4.78 is 42.2. The van der Waals surface area contributed by atoms with Gasteiger partial charge in [0.1, 0.15) is 9.39 Å². The number of hydrogen-bond donors (Lipinski definition) is 0. The Balaban J connectivity index is 2.94. The van der Waals surface area contributed by atoms with Gasteiger partial charge in [-0.2, -0.15) is 13.2 Å². The highest BCUT2D eigenvalue weighted by Gasteiger charge is 2.33. The van der Waals surface area contributed by atoms with Crippen LogP contribution in [0.5, 0.6) is 0 Å². The van der Waals surface area contributed by atoms with E-state index in [1.54, 1.807) is 29.5 Å². The molecule has 0 saturated carbocycles. The van der Waals surface area contributed by atoms with Crippen LogP contribution in [0.4, 0.5) is 13.2 Å². The van der Waals surface area contributed by atoms with Crippen molar-refractivity contribution in [3.05, 3.63) is 27.1 Å². The molecular formula is C10H9F3INO2. The Labute approximate surface area is 110 Å². The monoisotopic (exact) mass is 359 g/mol. The van der Waals surface area contributed by atoms with E-state index in [4.69, 9.17) is 0 Å². The minimum absolute atomic E-state index is 0.185. The normalized spacial score (nSPS) is 11.4. The molecule has 0 aliphatic carbocycles. The van der Waals surface area contributed by atoms with E-state index in [0.717, 1.165) is 6.07 Å². The van der Waals surface area contributed by atoms with E-state index >= 15 is 0 Å². The van der Waals surface area contributed by atoms with Crippen LogP contribution >= 0.6 is 22.6 Å². The van der Waals surface area contributed by atoms with Crippen molar-refractivity contribution < 1.29 is 22.7 Å². The molecule has 3 nitrogen and oxygen atoms in total. The van der Waals surface area contributed by atoms with Gasteiger partial charge in [-0.1, -0.05) is 0 Å². The Morgan fingerprint density at radius 2 is 2.12 bits per heavy atom. The lowest BCUT2D eigenvalue weighted by atomic mass is 10.1. The summed E-state index contributed by atoms with van der Waals surface area (Å²) in [5, 5.41) is 0. The Morgan fingerprint density at radius 1 is 1.47 bits per heavy atom. The largest absolute Gasteiger partial charge is 0.466 e. The molecule has 0 atom stereocenters. The number of carbonyl (C=O) groups excluding carboxylic acids is 1. The van der Waals surface area contributed by atoms with Crippen LogP contribution in [-0.2, 0) is 22.1 Å². The van der Waals surface area contributed by atoms with Gasteiger partial charge in [-0.05, 0) is 47.2 Å². The smallest absolute Gasteiger partial charge is 0.433 e. The van der Waals surface area contributed by atoms with Crippen molar-refractivity contribution in [3.8, 4) is 0 Å². The van der Waals surface area contributed by atoms with Crippen LogP contribution in [0, 0.1) is 3.70 Å². The molecule has 0 bridgehead atoms. The summed E-state index contributed by atoms with van der Waals surface area (Å²) in [6.45, 7) is 1.84. The molecule has 0 aliphatic heterocycles. The molecule has 0 aliphatic rings. The zero-order chi connectivity index (χ0) is 13.1. The molecule has 0 amide bonds. The first-order valence-electron chi connectivity index (χ1n) is 4.72. The van der Waals surface area contributed by atoms with Crippen LogP contribution in [0.2, 0.25) is 0 Å². The zero-order valence-corrected chi connectivity index (χ0v) is 11.0. The third-order valence-corrected chi connectivity index (χ3v) is 2.35. The lowest BCUT2D eigenvalue weighted by Crippen LogP contribution is -2.12. The maximum Gasteiger partial charge on any atom is 0.433 e. The Bertz CT molecular complexity index is 421. The molecule has 0 radical (unpaired) electrons. The predicted octanol–water partition coefficient (Wildman–Crippen LogP) is 2.81. The molecule has 0 spiro atoms. The third-order valence-electron chi connectivity index (χ3n) is 1.80. The first-order valence-corrected chi connectivity index (χ1v) is 5.80. The van der Waals surface area contributed by atoms with Crippen molar-refractivity contribution in [2.24, 2.45) is 0 Å². The fourth-order valence-electron chi connectivity index (χ4n) is 1.18. The summed E-state index contributed by atoms with van der Waals surface area (Å²) >= 11 is 1.68. The molecule has 1 aromatic rings. The molecule has 0 saturated heterocycles. The zero-order valence-electron chi connectivity index (χ0n) is 8.84. The summed E-state index contributed by atoms with van der Waals surface area (Å²) in [5.74, 6) is -0.553. The number of carbonyl (C=O) groups is 1. The lowest BCUT2D eigenvalue weighted by molar-refractivity contribution is -0.143. The van der Waals surface area contributed by atoms with Gasteiger partial charge < -0.3 is 4.74 Å². The van der Waals surface area contributed by atoms with Gasteiger partial charge in [0.05, 0.1) is 13.0 Å². The standard InChI is InChI=1S/C10H9F3INO2/c1-2-17-9(16)5-6-3-7(10(11,12)13)15-8(14)4-6/h3-4H,2,5H2,1H3. The fourth-order valence-corrected chi connectivity index (χ4v) is 1.84. The number of ether oxygens (including phenoxy) is 1. The minimum Gasteiger partial charge on any atom is -0.466 e. The number of esters is 1. The molecule has 7 heteroatoms. The Morgan fingerprint density at radius 3 is 2.65 bits per heavy atom. The van der Waals surface area contributed by atoms with E-state index in [1.807, 2.05) is 0 Å². The predicted molar refractivity (Wildman–Crippen MR) is 62.3 cm³/mol. The SMILES string of the molecule is CCOC(=O)Cc1cc(I)nc(C(F)(F)F)c1. The van der Waals surface area contributed by atoms with Crippen LogP contribution in [0.15, 0.2) is 12.1 Å². The molecule has 94 valence electrons. The number of aromatic nitrogens is 1. The molecule has 1 aromatic heterocycles. The molecule has 1 rings (SSSR count). The molecular weight excluding hydrogens is 350 g/mol. The van der Waals surface area contributed by atoms with E-state index in [2.05, 4.69) is 9.72 Å². The highest BCUT2D eigenvalue weighted by molar-refractivity contribution is 14.1. The van der Waals surface area contributed by atoms with Gasteiger partial charge in [0.25, 0.3) is 0 Å². The molecule has 0 fully saturated rings. The quantitative estimate of drug-likeness (QED) is 0.473. The van der Waals surface area contributed by atoms with Gasteiger partial charge in [-0.3, -0.25) is 4.79 Å². The maximum absolute atomic E-state index is 12.5. The second kappa shape index (κ2) is 5.65. The van der Waals surface area contributed by atoms with Gasteiger partial charge in [0, 0.05) is 0 Å². The number of alkyl halides is 3. The Kier molecular flexibility index (Phi) is 4.72. The molecule has 0 N–H and O–H groups in total. The van der Waals surface area contributed by atoms with Crippen molar-refractivity contribution in [1.29, 1.82) is 0 Å². The summed E-state index contributed by atoms with van der Waals surface area (Å²) in [5.41, 5.74) is -0.751. The van der Waals surface area contributed by atoms with Crippen LogP contribution in [0.25, 0.3) is 0 Å². The van der Waals surface area contributed by atoms with Crippen molar-refractivity contribution >= 4 is 28.6 Å². The second-order valence-electron chi connectivity index (χ2n) is 3.16. The highest BCUT2D eigenvalue weighted by atomic mass is 127. The first-order chi connectivity index (χ1) is 7.82. The topological polar surface area (TPSA) is 39.2 Å². The Hall–Kier alpha value is -0.860. The minimum atomic E-state index is -4.51. The van der Waals surface area contributed by atoms with Gasteiger partial charge in [-0.25, -0.2) is 4.98 Å². The number of rotatable bonds is 3. The van der Waals surface area contributed by atoms with E-state index < -0.39 is 17.8 Å². The molecule has 1 heterocycles. The van der Waals surface area contributed by atoms with Crippen molar-refractivity contribution in [2.45, 2.75) is 19.5 Å². The summed E-state index contributed by atoms with van der Waals surface area (Å²) in [4.78, 5) is 14.5. The third kappa shape index (κ3) is 4.49. The van der Waals surface area contributed by atoms with Crippen LogP contribution in [0.3, 0.4) is 0 Å². The summed E-state index contributed by atoms with van der Waals surface area (Å²) in [7, 11) is 0. The maximum atomic E-state index is 12.5. The van der Waals surface area contributed by atoms with E-state index in [0.29, 0.717) is 0 Å². The van der Waals surface area contributed by atoms with Gasteiger partial charge in [-0.15, -0.1) is 0 Å². The summed E-state index contributed by atoms with van der Waals surface area (Å²) in [6, 6.07) is 2.28. The van der Waals surface area contributed by atoms with Gasteiger partial charge in [0.2, 0.25) is 0 Å². The van der Waals surface area contributed by atoms with E-state index in [1.165, 1.54) is 6.07 Å². The number of pyridine rings is 1. The second-order valence-corrected chi connectivity index (χ2v) is 4.27. The van der Waals surface area contributed by atoms with Crippen LogP contribution in [0.1, 0.15) is 18.2 Å². The highest BCUT2D eigenvalue weighted by Crippen LogP contribution is 2.28. The summed E-state index contributed by atoms with van der Waals surface area (Å²) in [6.07, 6.45) is -4.69. The fraction of sp³-hybridized carbons (Fsp3) is 0.400. The lowest BCUT2D eigenvalue weighted by Gasteiger charge is -2.08. The van der Waals surface area contributed by atoms with E-state index in [9.17, 15) is 18.0 Å². The van der Waals surface area contributed by atoms with Crippen LogP contribution < -0.4 is 0 Å². The average molecular weight is 359 g/mol. The number of hydrogen-bond acceptors (Lipinski definition) is 3. The van der Waals surface area contributed by atoms with Gasteiger partial charge in [0.15, 0.2) is 0 Å². The van der Waals surface area contributed by atoms with Crippen molar-refractivity contribution in [2.75, 3.05) is 6.61 Å².